The van der Waals surface area contributed by atoms with Gasteiger partial charge in [0.25, 0.3) is 11.8 Å². The number of carbonyl (C=O) groups excluding carboxylic acids is 3. The molecule has 0 saturated carbocycles. The zero-order valence-electron chi connectivity index (χ0n) is 13.4. The molecule has 0 aromatic heterocycles. The quantitative estimate of drug-likeness (QED) is 0.782. The van der Waals surface area contributed by atoms with Gasteiger partial charge in [-0.05, 0) is 25.3 Å². The van der Waals surface area contributed by atoms with E-state index in [0.717, 1.165) is 24.8 Å². The fourth-order valence-corrected chi connectivity index (χ4v) is 2.62. The van der Waals surface area contributed by atoms with E-state index in [1.807, 2.05) is 20.8 Å². The fraction of sp³-hybridized carbons (Fsp3) is 0.688. The molecule has 0 bridgehead atoms. The maximum absolute atomic E-state index is 12.7. The van der Waals surface area contributed by atoms with Gasteiger partial charge in [0, 0.05) is 12.5 Å². The summed E-state index contributed by atoms with van der Waals surface area (Å²) < 4.78 is 0. The van der Waals surface area contributed by atoms with Crippen LogP contribution in [0, 0.1) is 0 Å². The first-order valence-electron chi connectivity index (χ1n) is 7.80. The molecule has 0 aromatic carbocycles. The summed E-state index contributed by atoms with van der Waals surface area (Å²) in [5.41, 5.74) is 0.923. The van der Waals surface area contributed by atoms with Crippen molar-refractivity contribution in [2.75, 3.05) is 0 Å². The van der Waals surface area contributed by atoms with E-state index >= 15 is 0 Å². The van der Waals surface area contributed by atoms with Crippen LogP contribution in [-0.4, -0.2) is 34.7 Å². The number of rotatable bonds is 7. The molecule has 0 unspecified atom stereocenters. The summed E-state index contributed by atoms with van der Waals surface area (Å²) in [6.45, 7) is 7.61. The van der Waals surface area contributed by atoms with Gasteiger partial charge in [0.1, 0.15) is 6.04 Å². The number of amides is 3. The average Bonchev–Trinajstić information content (AvgIpc) is 2.72. The van der Waals surface area contributed by atoms with Crippen molar-refractivity contribution in [2.24, 2.45) is 0 Å². The average molecular weight is 294 g/mol. The Morgan fingerprint density at radius 2 is 1.95 bits per heavy atom. The van der Waals surface area contributed by atoms with E-state index in [2.05, 4.69) is 5.32 Å². The summed E-state index contributed by atoms with van der Waals surface area (Å²) in [6, 6.07) is -0.766. The summed E-state index contributed by atoms with van der Waals surface area (Å²) in [5, 5.41) is 2.74. The molecule has 1 rings (SSSR count). The predicted molar refractivity (Wildman–Crippen MR) is 81.4 cm³/mol. The van der Waals surface area contributed by atoms with Crippen LogP contribution in [-0.2, 0) is 14.4 Å². The first-order chi connectivity index (χ1) is 9.96. The van der Waals surface area contributed by atoms with E-state index in [4.69, 9.17) is 0 Å². The summed E-state index contributed by atoms with van der Waals surface area (Å²) in [4.78, 5) is 37.7. The van der Waals surface area contributed by atoms with Crippen molar-refractivity contribution in [3.63, 3.8) is 0 Å². The first-order valence-corrected chi connectivity index (χ1v) is 7.80. The van der Waals surface area contributed by atoms with Gasteiger partial charge in [-0.1, -0.05) is 33.6 Å². The molecule has 0 fully saturated rings. The SMILES string of the molecule is CCC[C@@H]1C(C)=CC(=O)N1C(=O)[C@@H](CCC)NC(=O)CC. The number of nitrogens with zero attached hydrogens (tertiary/aromatic N) is 1. The molecule has 1 aliphatic rings. The lowest BCUT2D eigenvalue weighted by Crippen LogP contribution is -2.52. The van der Waals surface area contributed by atoms with Crippen LogP contribution in [0.15, 0.2) is 11.6 Å². The standard InChI is InChI=1S/C16H26N2O3/c1-5-8-12(17-14(19)7-3)16(21)18-13(9-6-2)11(4)10-15(18)20/h10,12-13H,5-9H2,1-4H3,(H,17,19)/t12-,13-/m1/s1. The van der Waals surface area contributed by atoms with Gasteiger partial charge in [0.15, 0.2) is 0 Å². The van der Waals surface area contributed by atoms with Crippen LogP contribution in [0.1, 0.15) is 59.8 Å². The summed E-state index contributed by atoms with van der Waals surface area (Å²) >= 11 is 0. The van der Waals surface area contributed by atoms with E-state index in [-0.39, 0.29) is 23.8 Å². The number of hydrogen-bond donors (Lipinski definition) is 1. The van der Waals surface area contributed by atoms with Crippen LogP contribution in [0.25, 0.3) is 0 Å². The Hall–Kier alpha value is -1.65. The molecule has 2 atom stereocenters. The third-order valence-corrected chi connectivity index (χ3v) is 3.76. The molecule has 21 heavy (non-hydrogen) atoms. The van der Waals surface area contributed by atoms with E-state index in [0.29, 0.717) is 12.8 Å². The highest BCUT2D eigenvalue weighted by Gasteiger charge is 2.37. The Bertz CT molecular complexity index is 443. The van der Waals surface area contributed by atoms with Crippen LogP contribution < -0.4 is 5.32 Å². The van der Waals surface area contributed by atoms with Crippen molar-refractivity contribution in [1.29, 1.82) is 0 Å². The maximum Gasteiger partial charge on any atom is 0.253 e. The second-order valence-corrected chi connectivity index (χ2v) is 5.50. The number of nitrogens with one attached hydrogen (secondary N) is 1. The van der Waals surface area contributed by atoms with Gasteiger partial charge < -0.3 is 5.32 Å². The van der Waals surface area contributed by atoms with E-state index < -0.39 is 6.04 Å². The number of hydrogen-bond acceptors (Lipinski definition) is 3. The molecular weight excluding hydrogens is 268 g/mol. The molecule has 1 aliphatic heterocycles. The largest absolute Gasteiger partial charge is 0.344 e. The molecule has 0 spiro atoms. The predicted octanol–water partition coefficient (Wildman–Crippen LogP) is 2.17. The van der Waals surface area contributed by atoms with Gasteiger partial charge in [0.05, 0.1) is 6.04 Å². The van der Waals surface area contributed by atoms with Crippen molar-refractivity contribution in [2.45, 2.75) is 71.9 Å². The smallest absolute Gasteiger partial charge is 0.253 e. The lowest BCUT2D eigenvalue weighted by atomic mass is 10.0. The number of imide groups is 1. The monoisotopic (exact) mass is 294 g/mol. The molecule has 118 valence electrons. The van der Waals surface area contributed by atoms with Crippen molar-refractivity contribution in [1.82, 2.24) is 10.2 Å². The fourth-order valence-electron chi connectivity index (χ4n) is 2.62. The maximum atomic E-state index is 12.7. The summed E-state index contributed by atoms with van der Waals surface area (Å²) in [5.74, 6) is -0.705. The molecule has 0 saturated heterocycles. The summed E-state index contributed by atoms with van der Waals surface area (Å²) in [7, 11) is 0. The van der Waals surface area contributed by atoms with Crippen LogP contribution in [0.4, 0.5) is 0 Å². The molecule has 0 aromatic rings. The Balaban J connectivity index is 2.91. The minimum Gasteiger partial charge on any atom is -0.344 e. The van der Waals surface area contributed by atoms with E-state index in [9.17, 15) is 14.4 Å². The topological polar surface area (TPSA) is 66.5 Å². The van der Waals surface area contributed by atoms with Gasteiger partial charge in [0.2, 0.25) is 5.91 Å². The molecule has 0 aliphatic carbocycles. The Labute approximate surface area is 126 Å². The van der Waals surface area contributed by atoms with Crippen molar-refractivity contribution in [3.8, 4) is 0 Å². The molecule has 3 amide bonds. The lowest BCUT2D eigenvalue weighted by Gasteiger charge is -2.28. The van der Waals surface area contributed by atoms with Crippen LogP contribution >= 0.6 is 0 Å². The van der Waals surface area contributed by atoms with Gasteiger partial charge in [-0.15, -0.1) is 0 Å². The second kappa shape index (κ2) is 7.96. The molecule has 5 nitrogen and oxygen atoms in total. The van der Waals surface area contributed by atoms with Gasteiger partial charge in [-0.3, -0.25) is 19.3 Å². The van der Waals surface area contributed by atoms with Gasteiger partial charge in [-0.25, -0.2) is 0 Å². The highest BCUT2D eigenvalue weighted by molar-refractivity contribution is 6.06. The molecule has 5 heteroatoms. The molecule has 1 N–H and O–H groups in total. The minimum atomic E-state index is -0.606. The van der Waals surface area contributed by atoms with Crippen LogP contribution in [0.2, 0.25) is 0 Å². The zero-order valence-corrected chi connectivity index (χ0v) is 13.4. The van der Waals surface area contributed by atoms with E-state index in [1.165, 1.54) is 11.0 Å². The normalized spacial score (nSPS) is 19.4. The van der Waals surface area contributed by atoms with Crippen molar-refractivity contribution >= 4 is 17.7 Å². The highest BCUT2D eigenvalue weighted by atomic mass is 16.2. The minimum absolute atomic E-state index is 0.159. The van der Waals surface area contributed by atoms with Gasteiger partial charge in [-0.2, -0.15) is 0 Å². The Kier molecular flexibility index (Phi) is 6.59. The van der Waals surface area contributed by atoms with Crippen molar-refractivity contribution < 1.29 is 14.4 Å². The molecule has 1 heterocycles. The van der Waals surface area contributed by atoms with Crippen LogP contribution in [0.3, 0.4) is 0 Å². The third kappa shape index (κ3) is 4.16. The van der Waals surface area contributed by atoms with Gasteiger partial charge >= 0.3 is 0 Å². The zero-order chi connectivity index (χ0) is 16.0. The lowest BCUT2D eigenvalue weighted by molar-refractivity contribution is -0.146. The third-order valence-electron chi connectivity index (χ3n) is 3.76. The number of carbonyl (C=O) groups is 3. The second-order valence-electron chi connectivity index (χ2n) is 5.50. The van der Waals surface area contributed by atoms with Crippen molar-refractivity contribution in [3.05, 3.63) is 11.6 Å². The summed E-state index contributed by atoms with van der Waals surface area (Å²) in [6.07, 6.45) is 4.84. The Morgan fingerprint density at radius 3 is 2.48 bits per heavy atom. The highest BCUT2D eigenvalue weighted by Crippen LogP contribution is 2.24. The Morgan fingerprint density at radius 1 is 1.29 bits per heavy atom. The van der Waals surface area contributed by atoms with Crippen LogP contribution in [0.5, 0.6) is 0 Å². The molecular formula is C16H26N2O3. The first kappa shape index (κ1) is 17.4. The van der Waals surface area contributed by atoms with E-state index in [1.54, 1.807) is 6.92 Å². The molecule has 0 radical (unpaired) electrons.